The van der Waals surface area contributed by atoms with Crippen LogP contribution in [0.3, 0.4) is 0 Å². The van der Waals surface area contributed by atoms with Gasteiger partial charge in [0.05, 0.1) is 6.54 Å². The molecule has 2 aromatic carbocycles. The minimum atomic E-state index is -0.556. The fourth-order valence-corrected chi connectivity index (χ4v) is 4.49. The van der Waals surface area contributed by atoms with Crippen LogP contribution in [0.4, 0.5) is 0 Å². The Hall–Kier alpha value is -1.85. The highest BCUT2D eigenvalue weighted by Crippen LogP contribution is 2.48. The van der Waals surface area contributed by atoms with Crippen LogP contribution >= 0.6 is 15.9 Å². The number of carbonyl (C=O) groups is 1. The summed E-state index contributed by atoms with van der Waals surface area (Å²) in [7, 11) is 0. The Balaban J connectivity index is 1.69. The van der Waals surface area contributed by atoms with E-state index in [2.05, 4.69) is 67.0 Å². The molecule has 1 spiro atoms. The highest BCUT2D eigenvalue weighted by atomic mass is 79.9. The van der Waals surface area contributed by atoms with Crippen molar-refractivity contribution in [2.24, 2.45) is 0 Å². The van der Waals surface area contributed by atoms with Crippen molar-refractivity contribution in [3.05, 3.63) is 63.6 Å². The molecule has 27 heavy (non-hydrogen) atoms. The third kappa shape index (κ3) is 3.63. The van der Waals surface area contributed by atoms with Gasteiger partial charge in [-0.1, -0.05) is 45.8 Å². The largest absolute Gasteiger partial charge is 0.487 e. The first-order valence-electron chi connectivity index (χ1n) is 9.23. The van der Waals surface area contributed by atoms with E-state index in [9.17, 15) is 4.79 Å². The van der Waals surface area contributed by atoms with E-state index in [1.54, 1.807) is 0 Å². The van der Waals surface area contributed by atoms with E-state index in [4.69, 9.17) is 9.47 Å². The molecule has 1 saturated heterocycles. The summed E-state index contributed by atoms with van der Waals surface area (Å²) in [6, 6.07) is 14.4. The van der Waals surface area contributed by atoms with Crippen LogP contribution in [0.1, 0.15) is 37.0 Å². The van der Waals surface area contributed by atoms with Crippen LogP contribution in [0.15, 0.2) is 46.9 Å². The molecule has 0 aliphatic carbocycles. The predicted molar refractivity (Wildman–Crippen MR) is 108 cm³/mol. The normalized spacial score (nSPS) is 23.9. The Kier molecular flexibility index (Phi) is 4.55. The number of carbonyl (C=O) groups excluding carboxylic acids is 1. The van der Waals surface area contributed by atoms with Gasteiger partial charge < -0.3 is 14.4 Å². The van der Waals surface area contributed by atoms with Crippen molar-refractivity contribution in [2.75, 3.05) is 13.2 Å². The van der Waals surface area contributed by atoms with Gasteiger partial charge in [-0.2, -0.15) is 0 Å². The molecule has 0 aromatic heterocycles. The Morgan fingerprint density at radius 2 is 1.89 bits per heavy atom. The molecule has 2 aromatic rings. The molecule has 0 bridgehead atoms. The Morgan fingerprint density at radius 3 is 2.63 bits per heavy atom. The number of morpholine rings is 1. The summed E-state index contributed by atoms with van der Waals surface area (Å²) in [6.45, 7) is 7.42. The summed E-state index contributed by atoms with van der Waals surface area (Å²) in [5, 5.41) is 0. The topological polar surface area (TPSA) is 38.8 Å². The lowest BCUT2D eigenvalue weighted by Gasteiger charge is -2.50. The van der Waals surface area contributed by atoms with Crippen LogP contribution in [-0.2, 0) is 21.7 Å². The lowest BCUT2D eigenvalue weighted by atomic mass is 9.79. The van der Waals surface area contributed by atoms with E-state index >= 15 is 0 Å². The van der Waals surface area contributed by atoms with Crippen molar-refractivity contribution in [3.8, 4) is 5.75 Å². The van der Waals surface area contributed by atoms with E-state index in [0.29, 0.717) is 19.5 Å². The zero-order valence-corrected chi connectivity index (χ0v) is 17.5. The first-order chi connectivity index (χ1) is 12.8. The van der Waals surface area contributed by atoms with E-state index in [1.807, 2.05) is 17.0 Å². The summed E-state index contributed by atoms with van der Waals surface area (Å²) >= 11 is 3.56. The zero-order valence-electron chi connectivity index (χ0n) is 15.9. The number of aryl methyl sites for hydroxylation is 1. The molecule has 0 saturated carbocycles. The second kappa shape index (κ2) is 6.64. The molecule has 2 heterocycles. The highest BCUT2D eigenvalue weighted by Gasteiger charge is 2.50. The lowest BCUT2D eigenvalue weighted by Crippen LogP contribution is -2.57. The minimum absolute atomic E-state index is 0.0297. The summed E-state index contributed by atoms with van der Waals surface area (Å²) < 4.78 is 13.4. The lowest BCUT2D eigenvalue weighted by molar-refractivity contribution is -0.181. The van der Waals surface area contributed by atoms with Crippen LogP contribution < -0.4 is 4.74 Å². The number of hydrogen-bond donors (Lipinski definition) is 0. The van der Waals surface area contributed by atoms with Gasteiger partial charge in [-0.25, -0.2) is 0 Å². The van der Waals surface area contributed by atoms with Gasteiger partial charge in [0, 0.05) is 23.0 Å². The maximum absolute atomic E-state index is 12.6. The van der Waals surface area contributed by atoms with Crippen molar-refractivity contribution in [1.82, 2.24) is 4.90 Å². The van der Waals surface area contributed by atoms with E-state index in [1.165, 1.54) is 5.56 Å². The standard InChI is InChI=1S/C22H24BrNO3/c1-15-4-6-16(7-5-15)11-24-14-22(26-12-20(24)25)13-21(2,3)27-19-9-8-17(23)10-18(19)22/h4-10H,11-14H2,1-3H3. The summed E-state index contributed by atoms with van der Waals surface area (Å²) in [4.78, 5) is 14.5. The Morgan fingerprint density at radius 1 is 1.15 bits per heavy atom. The summed E-state index contributed by atoms with van der Waals surface area (Å²) in [6.07, 6.45) is 0.696. The maximum atomic E-state index is 12.6. The molecule has 5 heteroatoms. The summed E-state index contributed by atoms with van der Waals surface area (Å²) in [5.74, 6) is 0.862. The number of amides is 1. The molecule has 1 amide bonds. The smallest absolute Gasteiger partial charge is 0.249 e. The van der Waals surface area contributed by atoms with Gasteiger partial charge in [0.2, 0.25) is 5.91 Å². The van der Waals surface area contributed by atoms with Crippen LogP contribution in [0.25, 0.3) is 0 Å². The third-order valence-electron chi connectivity index (χ3n) is 5.29. The van der Waals surface area contributed by atoms with Crippen LogP contribution in [-0.4, -0.2) is 29.6 Å². The Bertz CT molecular complexity index is 878. The minimum Gasteiger partial charge on any atom is -0.487 e. The van der Waals surface area contributed by atoms with Crippen molar-refractivity contribution >= 4 is 21.8 Å². The second-order valence-electron chi connectivity index (χ2n) is 8.20. The SMILES string of the molecule is Cc1ccc(CN2CC3(CC(C)(C)Oc4ccc(Br)cc43)OCC2=O)cc1. The first-order valence-corrected chi connectivity index (χ1v) is 10.0. The molecule has 142 valence electrons. The van der Waals surface area contributed by atoms with Crippen LogP contribution in [0.2, 0.25) is 0 Å². The fourth-order valence-electron chi connectivity index (χ4n) is 4.13. The number of nitrogens with zero attached hydrogens (tertiary/aromatic N) is 1. The molecule has 4 nitrogen and oxygen atoms in total. The van der Waals surface area contributed by atoms with E-state index in [0.717, 1.165) is 21.3 Å². The van der Waals surface area contributed by atoms with Crippen molar-refractivity contribution in [1.29, 1.82) is 0 Å². The quantitative estimate of drug-likeness (QED) is 0.701. The number of halogens is 1. The van der Waals surface area contributed by atoms with Gasteiger partial charge in [-0.05, 0) is 44.5 Å². The zero-order chi connectivity index (χ0) is 19.2. The number of ether oxygens (including phenoxy) is 2. The average molecular weight is 430 g/mol. The molecule has 0 radical (unpaired) electrons. The van der Waals surface area contributed by atoms with Gasteiger partial charge >= 0.3 is 0 Å². The second-order valence-corrected chi connectivity index (χ2v) is 9.11. The summed E-state index contributed by atoms with van der Waals surface area (Å²) in [5.41, 5.74) is 2.44. The van der Waals surface area contributed by atoms with Crippen LogP contribution in [0.5, 0.6) is 5.75 Å². The number of hydrogen-bond acceptors (Lipinski definition) is 3. The van der Waals surface area contributed by atoms with Gasteiger partial charge in [0.25, 0.3) is 0 Å². The van der Waals surface area contributed by atoms with Crippen molar-refractivity contribution in [3.63, 3.8) is 0 Å². The molecular weight excluding hydrogens is 406 g/mol. The monoisotopic (exact) mass is 429 g/mol. The number of fused-ring (bicyclic) bond motifs is 2. The Labute approximate surface area is 168 Å². The molecule has 1 atom stereocenters. The highest BCUT2D eigenvalue weighted by molar-refractivity contribution is 9.10. The molecule has 4 rings (SSSR count). The molecule has 2 aliphatic rings. The van der Waals surface area contributed by atoms with Gasteiger partial charge in [-0.3, -0.25) is 4.79 Å². The fraction of sp³-hybridized carbons (Fsp3) is 0.409. The predicted octanol–water partition coefficient (Wildman–Crippen LogP) is 4.57. The molecule has 0 N–H and O–H groups in total. The van der Waals surface area contributed by atoms with Gasteiger partial charge in [-0.15, -0.1) is 0 Å². The van der Waals surface area contributed by atoms with E-state index < -0.39 is 5.60 Å². The third-order valence-corrected chi connectivity index (χ3v) is 5.79. The molecular formula is C22H24BrNO3. The number of benzene rings is 2. The van der Waals surface area contributed by atoms with Crippen LogP contribution in [0, 0.1) is 6.92 Å². The average Bonchev–Trinajstić information content (AvgIpc) is 2.60. The van der Waals surface area contributed by atoms with Crippen molar-refractivity contribution in [2.45, 2.75) is 44.9 Å². The van der Waals surface area contributed by atoms with E-state index in [-0.39, 0.29) is 18.1 Å². The maximum Gasteiger partial charge on any atom is 0.249 e. The molecule has 2 aliphatic heterocycles. The van der Waals surface area contributed by atoms with Crippen molar-refractivity contribution < 1.29 is 14.3 Å². The number of rotatable bonds is 2. The molecule has 1 fully saturated rings. The van der Waals surface area contributed by atoms with Gasteiger partial charge in [0.15, 0.2) is 0 Å². The molecule has 1 unspecified atom stereocenters. The first kappa shape index (κ1) is 18.5. The van der Waals surface area contributed by atoms with Gasteiger partial charge in [0.1, 0.15) is 23.6 Å².